The van der Waals surface area contributed by atoms with E-state index < -0.39 is 11.6 Å². The Hall–Kier alpha value is -3.64. The predicted molar refractivity (Wildman–Crippen MR) is 147 cm³/mol. The molecule has 0 aromatic heterocycles. The smallest absolute Gasteiger partial charge is 0.142 e. The number of rotatable bonds is 4. The lowest BCUT2D eigenvalue weighted by molar-refractivity contribution is 0.578. The first-order valence-electron chi connectivity index (χ1n) is 12.3. The summed E-state index contributed by atoms with van der Waals surface area (Å²) < 4.78 is 28.6. The highest BCUT2D eigenvalue weighted by molar-refractivity contribution is 5.74. The van der Waals surface area contributed by atoms with E-state index in [1.165, 1.54) is 18.6 Å². The summed E-state index contributed by atoms with van der Waals surface area (Å²) in [6.07, 6.45) is 9.81. The van der Waals surface area contributed by atoms with Gasteiger partial charge in [0.15, 0.2) is 0 Å². The van der Waals surface area contributed by atoms with Gasteiger partial charge in [0.25, 0.3) is 0 Å². The molecule has 0 saturated heterocycles. The molecular formula is C32H35F2N. The third-order valence-electron chi connectivity index (χ3n) is 5.00. The topological polar surface area (TPSA) is 3.24 Å². The van der Waals surface area contributed by atoms with Crippen LogP contribution in [-0.4, -0.2) is 0 Å². The van der Waals surface area contributed by atoms with Crippen LogP contribution in [0.15, 0.2) is 90.7 Å². The third kappa shape index (κ3) is 7.42. The van der Waals surface area contributed by atoms with E-state index in [4.69, 9.17) is 0 Å². The average molecular weight is 472 g/mol. The first kappa shape index (κ1) is 27.6. The molecule has 3 heteroatoms. The number of para-hydroxylation sites is 1. The van der Waals surface area contributed by atoms with Crippen molar-refractivity contribution in [3.05, 3.63) is 108 Å². The summed E-state index contributed by atoms with van der Waals surface area (Å²) in [6.45, 7) is 9.81. The zero-order chi connectivity index (χ0) is 25.6. The first-order valence-corrected chi connectivity index (χ1v) is 12.3. The molecule has 0 radical (unpaired) electrons. The highest BCUT2D eigenvalue weighted by atomic mass is 19.1. The van der Waals surface area contributed by atoms with E-state index in [2.05, 4.69) is 60.9 Å². The maximum atomic E-state index is 14.3. The van der Waals surface area contributed by atoms with E-state index >= 15 is 0 Å². The second-order valence-corrected chi connectivity index (χ2v) is 7.72. The molecule has 182 valence electrons. The largest absolute Gasteiger partial charge is 0.311 e. The quantitative estimate of drug-likeness (QED) is 0.342. The molecule has 0 heterocycles. The molecular weight excluding hydrogens is 436 g/mol. The van der Waals surface area contributed by atoms with Crippen LogP contribution in [0.25, 0.3) is 11.1 Å². The van der Waals surface area contributed by atoms with Crippen LogP contribution in [0.2, 0.25) is 0 Å². The Morgan fingerprint density at radius 1 is 0.800 bits per heavy atom. The summed E-state index contributed by atoms with van der Waals surface area (Å²) in [5.74, 6) is 3.73. The molecule has 0 fully saturated rings. The zero-order valence-electron chi connectivity index (χ0n) is 21.4. The lowest BCUT2D eigenvalue weighted by Gasteiger charge is -2.27. The lowest BCUT2D eigenvalue weighted by atomic mass is 10.0. The van der Waals surface area contributed by atoms with Gasteiger partial charge >= 0.3 is 0 Å². The fraction of sp³-hybridized carbons (Fsp3) is 0.250. The van der Waals surface area contributed by atoms with Crippen LogP contribution in [0.3, 0.4) is 0 Å². The number of halogens is 2. The second kappa shape index (κ2) is 14.6. The van der Waals surface area contributed by atoms with Gasteiger partial charge in [-0.3, -0.25) is 0 Å². The van der Waals surface area contributed by atoms with Crippen molar-refractivity contribution in [1.29, 1.82) is 0 Å². The fourth-order valence-corrected chi connectivity index (χ4v) is 3.58. The monoisotopic (exact) mass is 471 g/mol. The molecule has 0 amide bonds. The molecule has 0 unspecified atom stereocenters. The molecule has 0 bridgehead atoms. The first-order chi connectivity index (χ1) is 17.1. The van der Waals surface area contributed by atoms with Crippen molar-refractivity contribution in [1.82, 2.24) is 0 Å². The fourth-order valence-electron chi connectivity index (χ4n) is 3.58. The molecule has 3 aromatic rings. The van der Waals surface area contributed by atoms with Crippen molar-refractivity contribution in [3.8, 4) is 23.0 Å². The van der Waals surface area contributed by atoms with Crippen molar-refractivity contribution >= 4 is 11.4 Å². The molecule has 0 N–H and O–H groups in total. The maximum Gasteiger partial charge on any atom is 0.142 e. The Labute approximate surface area is 209 Å². The minimum Gasteiger partial charge on any atom is -0.311 e. The molecule has 0 aliphatic heterocycles. The van der Waals surface area contributed by atoms with Crippen LogP contribution in [-0.2, 0) is 0 Å². The molecule has 1 aliphatic rings. The minimum atomic E-state index is -0.646. The number of benzene rings is 3. The summed E-state index contributed by atoms with van der Waals surface area (Å²) >= 11 is 0. The molecule has 0 saturated carbocycles. The third-order valence-corrected chi connectivity index (χ3v) is 5.00. The molecule has 0 spiro atoms. The molecule has 35 heavy (non-hydrogen) atoms. The number of anilines is 2. The van der Waals surface area contributed by atoms with Gasteiger partial charge in [0.1, 0.15) is 11.6 Å². The number of hydrogen-bond acceptors (Lipinski definition) is 1. The van der Waals surface area contributed by atoms with E-state index in [0.717, 1.165) is 35.5 Å². The summed E-state index contributed by atoms with van der Waals surface area (Å²) in [4.78, 5) is 2.18. The van der Waals surface area contributed by atoms with Gasteiger partial charge in [0.2, 0.25) is 0 Å². The van der Waals surface area contributed by atoms with Crippen molar-refractivity contribution in [2.24, 2.45) is 0 Å². The van der Waals surface area contributed by atoms with Gasteiger partial charge in [-0.1, -0.05) is 82.5 Å². The Morgan fingerprint density at radius 3 is 1.89 bits per heavy atom. The van der Waals surface area contributed by atoms with Crippen LogP contribution < -0.4 is 4.90 Å². The van der Waals surface area contributed by atoms with E-state index in [0.29, 0.717) is 5.56 Å². The molecule has 4 rings (SSSR count). The van der Waals surface area contributed by atoms with Crippen LogP contribution in [0.1, 0.15) is 59.4 Å². The van der Waals surface area contributed by atoms with Gasteiger partial charge in [0, 0.05) is 17.1 Å². The van der Waals surface area contributed by atoms with E-state index in [1.807, 2.05) is 56.3 Å². The van der Waals surface area contributed by atoms with Gasteiger partial charge in [-0.05, 0) is 73.4 Å². The molecule has 3 aromatic carbocycles. The van der Waals surface area contributed by atoms with Crippen molar-refractivity contribution < 1.29 is 8.78 Å². The Morgan fingerprint density at radius 2 is 1.37 bits per heavy atom. The van der Waals surface area contributed by atoms with Gasteiger partial charge in [-0.25, -0.2) is 8.78 Å². The zero-order valence-corrected chi connectivity index (χ0v) is 21.4. The highest BCUT2D eigenvalue weighted by Crippen LogP contribution is 2.34. The van der Waals surface area contributed by atoms with Gasteiger partial charge in [-0.2, -0.15) is 0 Å². The Bertz CT molecular complexity index is 1160. The van der Waals surface area contributed by atoms with Gasteiger partial charge in [-0.15, -0.1) is 5.92 Å². The number of hydrogen-bond donors (Lipinski definition) is 0. The van der Waals surface area contributed by atoms with E-state index in [1.54, 1.807) is 6.92 Å². The summed E-state index contributed by atoms with van der Waals surface area (Å²) in [7, 11) is 0. The number of allylic oxidation sites excluding steroid dienone is 3. The van der Waals surface area contributed by atoms with E-state index in [-0.39, 0.29) is 5.56 Å². The van der Waals surface area contributed by atoms with Crippen molar-refractivity contribution in [2.75, 3.05) is 4.90 Å². The minimum absolute atomic E-state index is 0.191. The van der Waals surface area contributed by atoms with Crippen molar-refractivity contribution in [2.45, 2.75) is 53.9 Å². The lowest BCUT2D eigenvalue weighted by Crippen LogP contribution is -2.16. The standard InChI is InChI=1S/C27H21F2N.C3H8.C2H6/c1-2-9-25-26(28)18-21(19-27(25)29)20-14-16-24(17-15-20)30(22-10-5-3-6-11-22)23-12-7-4-8-13-23;1-3-2;1-2/h3,5-7,10-19H,4,8H2,1H3;3H2,1-2H3;1-2H3. The maximum absolute atomic E-state index is 14.3. The molecule has 1 nitrogen and oxygen atoms in total. The second-order valence-electron chi connectivity index (χ2n) is 7.72. The van der Waals surface area contributed by atoms with Crippen LogP contribution in [0.4, 0.5) is 20.2 Å². The normalized spacial score (nSPS) is 11.6. The highest BCUT2D eigenvalue weighted by Gasteiger charge is 2.15. The summed E-state index contributed by atoms with van der Waals surface area (Å²) in [5, 5.41) is 0. The average Bonchev–Trinajstić information content (AvgIpc) is 2.90. The van der Waals surface area contributed by atoms with Crippen LogP contribution >= 0.6 is 0 Å². The molecule has 1 aliphatic carbocycles. The predicted octanol–water partition coefficient (Wildman–Crippen LogP) is 9.82. The van der Waals surface area contributed by atoms with Crippen LogP contribution in [0, 0.1) is 23.5 Å². The van der Waals surface area contributed by atoms with Gasteiger partial charge < -0.3 is 4.90 Å². The van der Waals surface area contributed by atoms with Crippen LogP contribution in [0.5, 0.6) is 0 Å². The molecule has 0 atom stereocenters. The Kier molecular flexibility index (Phi) is 11.5. The Balaban J connectivity index is 0.000000803. The summed E-state index contributed by atoms with van der Waals surface area (Å²) in [6, 6.07) is 20.5. The van der Waals surface area contributed by atoms with E-state index in [9.17, 15) is 8.78 Å². The SMILES string of the molecule is CC.CC#Cc1c(F)cc(-c2ccc(N(C3=CCCC=C3)c3ccccc3)cc2)cc1F.CCC. The van der Waals surface area contributed by atoms with Crippen molar-refractivity contribution in [3.63, 3.8) is 0 Å². The number of nitrogens with zero attached hydrogens (tertiary/aromatic N) is 1. The van der Waals surface area contributed by atoms with Gasteiger partial charge in [0.05, 0.1) is 5.56 Å². The summed E-state index contributed by atoms with van der Waals surface area (Å²) in [5.41, 5.74) is 4.19.